The smallest absolute Gasteiger partial charge is 0.250 e. The molecule has 1 aromatic heterocycles. The van der Waals surface area contributed by atoms with Crippen LogP contribution in [0.5, 0.6) is 0 Å². The Bertz CT molecular complexity index is 1630. The number of aryl methyl sites for hydroxylation is 1. The summed E-state index contributed by atoms with van der Waals surface area (Å²) in [5.74, 6) is -2.64. The molecular formula is C29H23ClN4O3. The quantitative estimate of drug-likeness (QED) is 0.358. The second kappa shape index (κ2) is 7.78. The highest BCUT2D eigenvalue weighted by molar-refractivity contribution is 6.31. The highest BCUT2D eigenvalue weighted by atomic mass is 35.5. The number of rotatable bonds is 3. The molecule has 1 spiro atoms. The molecule has 2 unspecified atom stereocenters. The summed E-state index contributed by atoms with van der Waals surface area (Å²) in [6.45, 7) is 1.87. The molecule has 7 rings (SSSR count). The minimum absolute atomic E-state index is 0.296. The largest absolute Gasteiger partial charge is 0.361 e. The number of carbonyl (C=O) groups is 3. The van der Waals surface area contributed by atoms with E-state index in [1.165, 1.54) is 4.90 Å². The number of hydrogen-bond donors (Lipinski definition) is 3. The van der Waals surface area contributed by atoms with Crippen molar-refractivity contribution in [2.45, 2.75) is 24.9 Å². The SMILES string of the molecule is Cc1cc(Cl)cc2c1NC(=O)C21NC(Cc2c[nH]c3ccccc23)[C@H]2C(=O)N(c3ccccc3)C(=O)[C@H]21. The van der Waals surface area contributed by atoms with Gasteiger partial charge < -0.3 is 10.3 Å². The maximum atomic E-state index is 14.1. The third kappa shape index (κ3) is 2.95. The first-order valence-electron chi connectivity index (χ1n) is 12.3. The lowest BCUT2D eigenvalue weighted by Gasteiger charge is -2.29. The first kappa shape index (κ1) is 22.3. The molecule has 4 atom stereocenters. The van der Waals surface area contributed by atoms with Crippen LogP contribution in [0.4, 0.5) is 11.4 Å². The monoisotopic (exact) mass is 510 g/mol. The van der Waals surface area contributed by atoms with E-state index in [2.05, 4.69) is 15.6 Å². The predicted octanol–water partition coefficient (Wildman–Crippen LogP) is 4.30. The Hall–Kier alpha value is -3.94. The molecule has 0 bridgehead atoms. The zero-order chi connectivity index (χ0) is 25.5. The topological polar surface area (TPSA) is 94.3 Å². The predicted molar refractivity (Wildman–Crippen MR) is 141 cm³/mol. The number of benzene rings is 3. The second-order valence-corrected chi connectivity index (χ2v) is 10.5. The van der Waals surface area contributed by atoms with Gasteiger partial charge in [0.1, 0.15) is 5.54 Å². The molecule has 3 aromatic carbocycles. The highest BCUT2D eigenvalue weighted by Gasteiger charge is 2.70. The van der Waals surface area contributed by atoms with Gasteiger partial charge in [-0.05, 0) is 54.8 Å². The molecule has 3 N–H and O–H groups in total. The van der Waals surface area contributed by atoms with Crippen LogP contribution in [-0.4, -0.2) is 28.7 Å². The van der Waals surface area contributed by atoms with E-state index in [0.717, 1.165) is 22.0 Å². The first-order chi connectivity index (χ1) is 17.9. The molecule has 7 nitrogen and oxygen atoms in total. The number of carbonyl (C=O) groups excluding carboxylic acids is 3. The summed E-state index contributed by atoms with van der Waals surface area (Å²) >= 11 is 6.45. The summed E-state index contributed by atoms with van der Waals surface area (Å²) in [5.41, 5.74) is 3.19. The molecule has 0 saturated carbocycles. The zero-order valence-corrected chi connectivity index (χ0v) is 20.7. The first-order valence-corrected chi connectivity index (χ1v) is 12.7. The number of nitrogens with one attached hydrogen (secondary N) is 3. The fourth-order valence-corrected chi connectivity index (χ4v) is 6.85. The number of anilines is 2. The van der Waals surface area contributed by atoms with E-state index in [4.69, 9.17) is 11.6 Å². The number of fused-ring (bicyclic) bond motifs is 5. The van der Waals surface area contributed by atoms with Gasteiger partial charge in [-0.2, -0.15) is 0 Å². The maximum absolute atomic E-state index is 14.1. The number of aromatic nitrogens is 1. The lowest BCUT2D eigenvalue weighted by atomic mass is 9.76. The molecule has 0 radical (unpaired) electrons. The van der Waals surface area contributed by atoms with Crippen LogP contribution in [-0.2, 0) is 26.3 Å². The third-order valence-electron chi connectivity index (χ3n) is 8.12. The van der Waals surface area contributed by atoms with Crippen molar-refractivity contribution < 1.29 is 14.4 Å². The van der Waals surface area contributed by atoms with E-state index in [1.807, 2.05) is 43.5 Å². The number of halogens is 1. The van der Waals surface area contributed by atoms with Gasteiger partial charge in [0.15, 0.2) is 0 Å². The molecule has 0 aliphatic carbocycles. The molecule has 3 aliphatic rings. The van der Waals surface area contributed by atoms with Crippen LogP contribution >= 0.6 is 11.6 Å². The van der Waals surface area contributed by atoms with Crippen molar-refractivity contribution in [1.82, 2.24) is 10.3 Å². The van der Waals surface area contributed by atoms with Gasteiger partial charge in [0.05, 0.1) is 17.5 Å². The number of imide groups is 1. The van der Waals surface area contributed by atoms with Crippen molar-refractivity contribution in [3.63, 3.8) is 0 Å². The van der Waals surface area contributed by atoms with Gasteiger partial charge >= 0.3 is 0 Å². The van der Waals surface area contributed by atoms with Crippen molar-refractivity contribution in [1.29, 1.82) is 0 Å². The Morgan fingerprint density at radius 3 is 2.54 bits per heavy atom. The highest BCUT2D eigenvalue weighted by Crippen LogP contribution is 2.55. The van der Waals surface area contributed by atoms with Crippen LogP contribution < -0.4 is 15.5 Å². The Kier molecular flexibility index (Phi) is 4.68. The molecule has 4 aromatic rings. The summed E-state index contributed by atoms with van der Waals surface area (Å²) in [6.07, 6.45) is 2.41. The minimum atomic E-state index is -1.40. The van der Waals surface area contributed by atoms with Gasteiger partial charge in [0.25, 0.3) is 0 Å². The van der Waals surface area contributed by atoms with Crippen LogP contribution in [0.3, 0.4) is 0 Å². The lowest BCUT2D eigenvalue weighted by molar-refractivity contribution is -0.130. The van der Waals surface area contributed by atoms with Crippen LogP contribution in [0.25, 0.3) is 10.9 Å². The molecule has 3 amide bonds. The number of H-pyrrole nitrogens is 1. The van der Waals surface area contributed by atoms with E-state index in [9.17, 15) is 14.4 Å². The van der Waals surface area contributed by atoms with Gasteiger partial charge in [0, 0.05) is 39.4 Å². The van der Waals surface area contributed by atoms with Crippen molar-refractivity contribution >= 4 is 51.6 Å². The molecule has 4 heterocycles. The number of nitrogens with zero attached hydrogens (tertiary/aromatic N) is 1. The Labute approximate surface area is 217 Å². The number of hydrogen-bond acceptors (Lipinski definition) is 4. The molecule has 3 aliphatic heterocycles. The number of amides is 3. The van der Waals surface area contributed by atoms with Crippen molar-refractivity contribution in [3.05, 3.63) is 94.6 Å². The summed E-state index contributed by atoms with van der Waals surface area (Å²) in [5, 5.41) is 8.02. The van der Waals surface area contributed by atoms with Crippen LogP contribution in [0.2, 0.25) is 5.02 Å². The fraction of sp³-hybridized carbons (Fsp3) is 0.207. The molecule has 2 saturated heterocycles. The summed E-state index contributed by atoms with van der Waals surface area (Å²) < 4.78 is 0. The van der Waals surface area contributed by atoms with E-state index >= 15 is 0 Å². The maximum Gasteiger partial charge on any atom is 0.250 e. The van der Waals surface area contributed by atoms with Gasteiger partial charge in [-0.25, -0.2) is 4.90 Å². The zero-order valence-electron chi connectivity index (χ0n) is 19.9. The Balaban J connectivity index is 1.40. The Morgan fingerprint density at radius 2 is 1.73 bits per heavy atom. The van der Waals surface area contributed by atoms with E-state index in [1.54, 1.807) is 36.4 Å². The van der Waals surface area contributed by atoms with Crippen molar-refractivity contribution in [2.75, 3.05) is 10.2 Å². The fourth-order valence-electron chi connectivity index (χ4n) is 6.58. The van der Waals surface area contributed by atoms with E-state index < -0.39 is 23.4 Å². The second-order valence-electron chi connectivity index (χ2n) is 10.1. The average molecular weight is 511 g/mol. The minimum Gasteiger partial charge on any atom is -0.361 e. The molecule has 2 fully saturated rings. The van der Waals surface area contributed by atoms with Crippen LogP contribution in [0.1, 0.15) is 16.7 Å². The molecule has 184 valence electrons. The third-order valence-corrected chi connectivity index (χ3v) is 8.33. The average Bonchev–Trinajstić information content (AvgIpc) is 3.60. The number of aromatic amines is 1. The summed E-state index contributed by atoms with van der Waals surface area (Å²) in [7, 11) is 0. The van der Waals surface area contributed by atoms with Gasteiger partial charge in [-0.15, -0.1) is 0 Å². The normalized spacial score (nSPS) is 26.3. The molecule has 8 heteroatoms. The van der Waals surface area contributed by atoms with E-state index in [-0.39, 0.29) is 17.7 Å². The van der Waals surface area contributed by atoms with Gasteiger partial charge in [0.2, 0.25) is 17.7 Å². The Morgan fingerprint density at radius 1 is 0.973 bits per heavy atom. The summed E-state index contributed by atoms with van der Waals surface area (Å²) in [4.78, 5) is 46.4. The lowest BCUT2D eigenvalue weighted by Crippen LogP contribution is -2.53. The van der Waals surface area contributed by atoms with Crippen molar-refractivity contribution in [3.8, 4) is 0 Å². The van der Waals surface area contributed by atoms with Crippen LogP contribution in [0, 0.1) is 18.8 Å². The van der Waals surface area contributed by atoms with Crippen LogP contribution in [0.15, 0.2) is 72.9 Å². The standard InChI is InChI=1S/C29H23ClN4O3/c1-15-11-17(30)13-20-25(15)32-28(37)29(20)24-23(26(35)34(27(24)36)18-7-3-2-4-8-18)22(33-29)12-16-14-31-21-10-6-5-9-19(16)21/h2-11,13-14,22-24,31,33H,12H2,1H3,(H,32,37)/t22?,23-,24+,29?/m1/s1. The molecule has 37 heavy (non-hydrogen) atoms. The van der Waals surface area contributed by atoms with Crippen molar-refractivity contribution in [2.24, 2.45) is 11.8 Å². The van der Waals surface area contributed by atoms with E-state index in [0.29, 0.717) is 28.4 Å². The number of para-hydroxylation sites is 2. The van der Waals surface area contributed by atoms with Gasteiger partial charge in [-0.1, -0.05) is 48.0 Å². The molecular weight excluding hydrogens is 488 g/mol. The van der Waals surface area contributed by atoms with Gasteiger partial charge in [-0.3, -0.25) is 19.7 Å². The summed E-state index contributed by atoms with van der Waals surface area (Å²) in [6, 6.07) is 19.9.